The number of alkyl halides is 11. The fourth-order valence-electron chi connectivity index (χ4n) is 18.3. The molecule has 3 amide bonds. The van der Waals surface area contributed by atoms with Gasteiger partial charge in [0.05, 0.1) is 144 Å². The van der Waals surface area contributed by atoms with Crippen molar-refractivity contribution < 1.29 is 124 Å². The molecule has 0 radical (unpaired) electrons. The minimum absolute atomic E-state index is 0.00359. The maximum Gasteiger partial charge on any atom is 0.416 e. The van der Waals surface area contributed by atoms with E-state index in [-0.39, 0.29) is 97.1 Å². The molecule has 6 aliphatic heterocycles. The van der Waals surface area contributed by atoms with Gasteiger partial charge in [-0.15, -0.1) is 0 Å². The van der Waals surface area contributed by atoms with Gasteiger partial charge in [-0.25, -0.2) is 53.1 Å². The maximum absolute atomic E-state index is 13.8. The van der Waals surface area contributed by atoms with Crippen molar-refractivity contribution in [3.05, 3.63) is 216 Å². The molecule has 9 aromatic rings. The van der Waals surface area contributed by atoms with Crippen molar-refractivity contribution >= 4 is 65.6 Å². The summed E-state index contributed by atoms with van der Waals surface area (Å²) in [6.45, 7) is 12.6. The number of esters is 3. The van der Waals surface area contributed by atoms with Crippen LogP contribution < -0.4 is 24.2 Å². The van der Waals surface area contributed by atoms with Crippen LogP contribution in [0.4, 0.5) is 80.5 Å². The van der Waals surface area contributed by atoms with Gasteiger partial charge in [0.15, 0.2) is 0 Å². The van der Waals surface area contributed by atoms with E-state index < -0.39 is 109 Å². The minimum Gasteiger partial charge on any atom is -0.496 e. The highest BCUT2D eigenvalue weighted by atomic mass is 35.5. The third-order valence-corrected chi connectivity index (χ3v) is 26.4. The number of rotatable bonds is 27. The predicted molar refractivity (Wildman–Crippen MR) is 487 cm³/mol. The SMILES string of the molecule is COC(=O)C1CCC(c2ccc(Cl)c(-c3cnc(N4CC(OC)C4)nc3CN3C(=O)O[C@H](c4cc(C)cc(C(F)(F)F)c4)[C@@H]3C)c2)CC1.COC(=O)CCc1ccc(OC)c(-c2c(C)nc(N3CC(F)(F)C3)nc2CN2C(=O)O[C@H](c3cc(C)cc(C(F)(F)F)c3)[C@@H]2C)c1.COC(=O)CCc1ccc(OC)c(-c2cnc(N3CC(OC)C3)nc2CN2C(=O)O[C@H](c3cc(C)cc(C(F)(F)F)c3)[C@@H]2C)c1. The summed E-state index contributed by atoms with van der Waals surface area (Å²) >= 11 is 6.81. The number of amides is 3. The Bertz CT molecular complexity index is 6070. The Labute approximate surface area is 800 Å². The van der Waals surface area contributed by atoms with Crippen LogP contribution in [0.1, 0.15) is 173 Å². The van der Waals surface area contributed by atoms with Gasteiger partial charge in [-0.3, -0.25) is 29.1 Å². The van der Waals surface area contributed by atoms with Crippen LogP contribution in [0.3, 0.4) is 0 Å². The Hall–Kier alpha value is -12.8. The third kappa shape index (κ3) is 23.2. The van der Waals surface area contributed by atoms with Gasteiger partial charge >= 0.3 is 54.7 Å². The molecular formula is C99H106ClF11N12O16. The van der Waals surface area contributed by atoms with E-state index in [1.54, 1.807) is 111 Å². The highest BCUT2D eigenvalue weighted by molar-refractivity contribution is 6.33. The number of halogens is 12. The van der Waals surface area contributed by atoms with E-state index in [4.69, 9.17) is 68.9 Å². The van der Waals surface area contributed by atoms with Crippen LogP contribution in [-0.2, 0) is 103 Å². The van der Waals surface area contributed by atoms with Crippen molar-refractivity contribution in [2.45, 2.75) is 198 Å². The van der Waals surface area contributed by atoms with Crippen LogP contribution in [0, 0.1) is 33.6 Å². The molecule has 6 saturated heterocycles. The first-order valence-electron chi connectivity index (χ1n) is 45.0. The molecule has 1 saturated carbocycles. The van der Waals surface area contributed by atoms with Crippen LogP contribution >= 0.6 is 11.6 Å². The summed E-state index contributed by atoms with van der Waals surface area (Å²) in [5, 5.41) is 0.484. The number of nitrogens with zero attached hydrogens (tertiary/aromatic N) is 12. The Morgan fingerprint density at radius 1 is 0.446 bits per heavy atom. The molecule has 28 nitrogen and oxygen atoms in total. The Morgan fingerprint density at radius 3 is 1.23 bits per heavy atom. The monoisotopic (exact) mass is 1960 g/mol. The van der Waals surface area contributed by atoms with Gasteiger partial charge in [-0.05, 0) is 199 Å². The van der Waals surface area contributed by atoms with Gasteiger partial charge in [-0.1, -0.05) is 64.7 Å². The number of carbonyl (C=O) groups is 6. The van der Waals surface area contributed by atoms with E-state index in [0.717, 1.165) is 78.8 Å². The van der Waals surface area contributed by atoms with Crippen molar-refractivity contribution in [1.29, 1.82) is 0 Å². The average Bonchev–Trinajstić information content (AvgIpc) is 1.15. The van der Waals surface area contributed by atoms with E-state index in [9.17, 15) is 77.1 Å². The first-order chi connectivity index (χ1) is 65.9. The van der Waals surface area contributed by atoms with Gasteiger partial charge in [0.2, 0.25) is 17.8 Å². The fraction of sp³-hybridized carbons (Fsp3) is 0.455. The molecule has 0 bridgehead atoms. The van der Waals surface area contributed by atoms with Crippen molar-refractivity contribution in [2.75, 3.05) is 104 Å². The van der Waals surface area contributed by atoms with Gasteiger partial charge in [-0.2, -0.15) is 39.5 Å². The highest BCUT2D eigenvalue weighted by Crippen LogP contribution is 2.48. The summed E-state index contributed by atoms with van der Waals surface area (Å²) < 4.78 is 204. The second kappa shape index (κ2) is 42.1. The molecule has 7 aliphatic rings. The number of cyclic esters (lactones) is 3. The molecule has 7 fully saturated rings. The number of carbonyl (C=O) groups excluding carboxylic acids is 6. The lowest BCUT2D eigenvalue weighted by Gasteiger charge is -2.39. The summed E-state index contributed by atoms with van der Waals surface area (Å²) in [5.41, 5.74) is 7.52. The molecule has 742 valence electrons. The van der Waals surface area contributed by atoms with Crippen LogP contribution in [0.5, 0.6) is 11.5 Å². The number of aromatic nitrogens is 6. The first-order valence-corrected chi connectivity index (χ1v) is 45.4. The quantitative estimate of drug-likeness (QED) is 0.0262. The molecule has 9 heterocycles. The number of aryl methyl sites for hydroxylation is 6. The molecule has 6 atom stereocenters. The zero-order valence-electron chi connectivity index (χ0n) is 78.8. The standard InChI is InChI=1S/C35H38ClF3N4O5.C32H33F5N4O5.C32H35F3N4O6/c1-19-11-24(13-25(12-19)35(37,38)39)31-20(2)43(34(45)48-31)18-30-28(15-40-33(41-30)42-16-26(17-42)46-3)27-14-23(9-10-29(27)36)21-5-7-22(8-6-21)32(44)47-4;1-17-10-21(13-22(11-17)32(35,36)37)28-19(3)41(30(43)46-28)14-24-27(18(2)38-29(39-24)40-15-31(33,34)16-40)23-12-20(6-8-25(23)44-4)7-9-26(42)45-5;1-18-10-21(13-22(11-18)32(33,34)35)29-19(2)39(31(41)45-29)17-26-25(14-36-30(37-26)38-15-23(16-38)42-3)24-12-20(6-8-27(24)43-4)7-9-28(40)44-5/h9-15,20-22,26,31H,5-8,16-18H2,1-4H3;6,8,10-13,19,28H,7,9,14-16H2,1-5H3;6,8,10-14,19,23,29H,7,9,15-17H2,1-5H3/t20-,21?,22?,31-;19-,28-;19-,29-/m000/s1. The average molecular weight is 1960 g/mol. The summed E-state index contributed by atoms with van der Waals surface area (Å²) in [5.74, 6) is -1.72. The van der Waals surface area contributed by atoms with Gasteiger partial charge in [0.25, 0.3) is 5.92 Å². The largest absolute Gasteiger partial charge is 0.496 e. The molecule has 3 aromatic heterocycles. The molecule has 139 heavy (non-hydrogen) atoms. The molecule has 1 aliphatic carbocycles. The van der Waals surface area contributed by atoms with Gasteiger partial charge in [0, 0.05) is 104 Å². The van der Waals surface area contributed by atoms with Crippen LogP contribution in [-0.4, -0.2) is 206 Å². The number of anilines is 3. The smallest absolute Gasteiger partial charge is 0.416 e. The van der Waals surface area contributed by atoms with E-state index in [0.29, 0.717) is 140 Å². The lowest BCUT2D eigenvalue weighted by molar-refractivity contribution is -0.146. The summed E-state index contributed by atoms with van der Waals surface area (Å²) in [4.78, 5) is 113. The number of hydrogen-bond donors (Lipinski definition) is 0. The highest BCUT2D eigenvalue weighted by Gasteiger charge is 2.49. The molecule has 0 N–H and O–H groups in total. The van der Waals surface area contributed by atoms with E-state index >= 15 is 0 Å². The third-order valence-electron chi connectivity index (χ3n) is 26.1. The zero-order chi connectivity index (χ0) is 100. The summed E-state index contributed by atoms with van der Waals surface area (Å²) in [7, 11) is 10.3. The Morgan fingerprint density at radius 2 is 0.842 bits per heavy atom. The molecular weight excluding hydrogens is 1860 g/mol. The lowest BCUT2D eigenvalue weighted by atomic mass is 9.78. The van der Waals surface area contributed by atoms with Crippen molar-refractivity contribution in [2.24, 2.45) is 5.92 Å². The molecule has 6 aromatic carbocycles. The van der Waals surface area contributed by atoms with Crippen LogP contribution in [0.15, 0.2) is 122 Å². The molecule has 40 heteroatoms. The fourth-order valence-corrected chi connectivity index (χ4v) is 18.5. The van der Waals surface area contributed by atoms with Crippen LogP contribution in [0.2, 0.25) is 5.02 Å². The number of benzene rings is 6. The topological polar surface area (TPSA) is 292 Å². The Kier molecular flexibility index (Phi) is 30.9. The van der Waals surface area contributed by atoms with Crippen LogP contribution in [0.25, 0.3) is 33.4 Å². The number of hydrogen-bond acceptors (Lipinski definition) is 25. The molecule has 16 rings (SSSR count). The summed E-state index contributed by atoms with van der Waals surface area (Å²) in [6.07, 6.45) is -10.9. The van der Waals surface area contributed by atoms with Crippen molar-refractivity contribution in [1.82, 2.24) is 44.6 Å². The summed E-state index contributed by atoms with van der Waals surface area (Å²) in [6, 6.07) is 25.7. The lowest BCUT2D eigenvalue weighted by Crippen LogP contribution is -2.57. The normalized spacial score (nSPS) is 20.3. The maximum atomic E-state index is 13.8. The van der Waals surface area contributed by atoms with Crippen molar-refractivity contribution in [3.63, 3.8) is 0 Å². The van der Waals surface area contributed by atoms with Gasteiger partial charge in [0.1, 0.15) is 29.8 Å². The number of methoxy groups -OCH3 is 7. The second-order valence-electron chi connectivity index (χ2n) is 35.7. The predicted octanol–water partition coefficient (Wildman–Crippen LogP) is 19.4. The van der Waals surface area contributed by atoms with Crippen molar-refractivity contribution in [3.8, 4) is 44.9 Å². The second-order valence-corrected chi connectivity index (χ2v) is 36.1. The zero-order valence-corrected chi connectivity index (χ0v) is 79.5. The minimum atomic E-state index is -4.59. The van der Waals surface area contributed by atoms with E-state index in [1.165, 1.54) is 62.1 Å². The van der Waals surface area contributed by atoms with E-state index in [1.807, 2.05) is 40.1 Å². The van der Waals surface area contributed by atoms with E-state index in [2.05, 4.69) is 19.9 Å². The number of ether oxygens (including phenoxy) is 10. The Balaban J connectivity index is 0.000000166. The van der Waals surface area contributed by atoms with Gasteiger partial charge < -0.3 is 62.1 Å². The molecule has 0 spiro atoms. The molecule has 0 unspecified atom stereocenters. The first kappa shape index (κ1) is 102.